The Morgan fingerprint density at radius 3 is 2.65 bits per heavy atom. The van der Waals surface area contributed by atoms with Crippen molar-refractivity contribution in [1.82, 2.24) is 19.1 Å². The van der Waals surface area contributed by atoms with Crippen LogP contribution >= 0.6 is 0 Å². The Balaban J connectivity index is 2.49. The van der Waals surface area contributed by atoms with Crippen molar-refractivity contribution < 1.29 is 5.11 Å². The van der Waals surface area contributed by atoms with Crippen molar-refractivity contribution in [1.29, 1.82) is 0 Å². The van der Waals surface area contributed by atoms with Gasteiger partial charge in [-0.15, -0.1) is 0 Å². The van der Waals surface area contributed by atoms with Gasteiger partial charge in [-0.25, -0.2) is 4.79 Å². The van der Waals surface area contributed by atoms with E-state index in [4.69, 9.17) is 0 Å². The fourth-order valence-corrected chi connectivity index (χ4v) is 2.26. The standard InChI is InChI=1S/C13H12N4O3/c1-16-10-9(12(19)17(2)13(16)20)15-8(11(10)18)7-4-3-5-14-6-7/h3-6,15,18H,1-2H3. The third kappa shape index (κ3) is 1.49. The summed E-state index contributed by atoms with van der Waals surface area (Å²) in [5, 5.41) is 10.3. The molecule has 20 heavy (non-hydrogen) atoms. The predicted molar refractivity (Wildman–Crippen MR) is 73.7 cm³/mol. The van der Waals surface area contributed by atoms with Gasteiger partial charge in [-0.3, -0.25) is 18.9 Å². The van der Waals surface area contributed by atoms with Gasteiger partial charge in [0.05, 0.1) is 5.69 Å². The van der Waals surface area contributed by atoms with Crippen LogP contribution in [0, 0.1) is 0 Å². The van der Waals surface area contributed by atoms with Gasteiger partial charge < -0.3 is 10.1 Å². The van der Waals surface area contributed by atoms with Crippen LogP contribution in [0.25, 0.3) is 22.3 Å². The summed E-state index contributed by atoms with van der Waals surface area (Å²) >= 11 is 0. The second kappa shape index (κ2) is 4.09. The Kier molecular flexibility index (Phi) is 2.50. The average molecular weight is 272 g/mol. The van der Waals surface area contributed by atoms with Crippen molar-refractivity contribution in [2.75, 3.05) is 0 Å². The highest BCUT2D eigenvalue weighted by atomic mass is 16.3. The van der Waals surface area contributed by atoms with Gasteiger partial charge in [-0.05, 0) is 12.1 Å². The lowest BCUT2D eigenvalue weighted by Crippen LogP contribution is -2.36. The fraction of sp³-hybridized carbons (Fsp3) is 0.154. The van der Waals surface area contributed by atoms with E-state index in [1.807, 2.05) is 0 Å². The second-order valence-electron chi connectivity index (χ2n) is 4.52. The number of nitrogens with zero attached hydrogens (tertiary/aromatic N) is 3. The highest BCUT2D eigenvalue weighted by molar-refractivity contribution is 5.90. The molecule has 0 fully saturated rings. The molecule has 0 aliphatic carbocycles. The quantitative estimate of drug-likeness (QED) is 0.667. The smallest absolute Gasteiger partial charge is 0.331 e. The van der Waals surface area contributed by atoms with Crippen molar-refractivity contribution in [3.8, 4) is 17.0 Å². The summed E-state index contributed by atoms with van der Waals surface area (Å²) in [6.45, 7) is 0. The molecule has 0 amide bonds. The third-order valence-corrected chi connectivity index (χ3v) is 3.33. The number of hydrogen-bond acceptors (Lipinski definition) is 4. The van der Waals surface area contributed by atoms with Gasteiger partial charge in [-0.2, -0.15) is 0 Å². The molecule has 0 aromatic carbocycles. The SMILES string of the molecule is Cn1c(=O)c2[nH]c(-c3cccnc3)c(O)c2n(C)c1=O. The molecule has 3 aromatic rings. The van der Waals surface area contributed by atoms with E-state index in [9.17, 15) is 14.7 Å². The molecule has 0 unspecified atom stereocenters. The number of rotatable bonds is 1. The van der Waals surface area contributed by atoms with Crippen LogP contribution in [0.1, 0.15) is 0 Å². The van der Waals surface area contributed by atoms with Crippen molar-refractivity contribution in [2.45, 2.75) is 0 Å². The zero-order chi connectivity index (χ0) is 14.4. The van der Waals surface area contributed by atoms with Crippen molar-refractivity contribution >= 4 is 11.0 Å². The van der Waals surface area contributed by atoms with Crippen LogP contribution < -0.4 is 11.2 Å². The van der Waals surface area contributed by atoms with Crippen molar-refractivity contribution in [2.24, 2.45) is 14.1 Å². The average Bonchev–Trinajstić information content (AvgIpc) is 2.81. The van der Waals surface area contributed by atoms with E-state index in [0.717, 1.165) is 4.57 Å². The highest BCUT2D eigenvalue weighted by Gasteiger charge is 2.19. The first-order valence-electron chi connectivity index (χ1n) is 5.93. The molecule has 0 aliphatic heterocycles. The van der Waals surface area contributed by atoms with Gasteiger partial charge in [0, 0.05) is 32.1 Å². The molecule has 3 heterocycles. The van der Waals surface area contributed by atoms with Crippen LogP contribution in [0.4, 0.5) is 0 Å². The number of aromatic amines is 1. The van der Waals surface area contributed by atoms with E-state index in [0.29, 0.717) is 11.3 Å². The molecule has 102 valence electrons. The zero-order valence-corrected chi connectivity index (χ0v) is 10.9. The first-order chi connectivity index (χ1) is 9.52. The highest BCUT2D eigenvalue weighted by Crippen LogP contribution is 2.33. The summed E-state index contributed by atoms with van der Waals surface area (Å²) in [5.74, 6) is -0.134. The Hall–Kier alpha value is -2.83. The minimum Gasteiger partial charge on any atom is -0.504 e. The van der Waals surface area contributed by atoms with Gasteiger partial charge in [0.25, 0.3) is 5.56 Å². The fourth-order valence-electron chi connectivity index (χ4n) is 2.26. The van der Waals surface area contributed by atoms with E-state index in [1.165, 1.54) is 18.7 Å². The molecule has 0 saturated heterocycles. The molecular weight excluding hydrogens is 260 g/mol. The van der Waals surface area contributed by atoms with Crippen LogP contribution in [0.5, 0.6) is 5.75 Å². The monoisotopic (exact) mass is 272 g/mol. The first-order valence-corrected chi connectivity index (χ1v) is 5.93. The summed E-state index contributed by atoms with van der Waals surface area (Å²) in [4.78, 5) is 30.8. The molecule has 7 nitrogen and oxygen atoms in total. The van der Waals surface area contributed by atoms with E-state index >= 15 is 0 Å². The summed E-state index contributed by atoms with van der Waals surface area (Å²) in [6, 6.07) is 3.47. The lowest BCUT2D eigenvalue weighted by molar-refractivity contribution is 0.479. The summed E-state index contributed by atoms with van der Waals surface area (Å²) < 4.78 is 2.23. The van der Waals surface area contributed by atoms with Crippen LogP contribution in [0.3, 0.4) is 0 Å². The Labute approximate surface area is 112 Å². The first kappa shape index (κ1) is 12.2. The molecule has 0 atom stereocenters. The molecular formula is C13H12N4O3. The number of hydrogen-bond donors (Lipinski definition) is 2. The van der Waals surface area contributed by atoms with Gasteiger partial charge in [-0.1, -0.05) is 0 Å². The summed E-state index contributed by atoms with van der Waals surface area (Å²) in [5.41, 5.74) is 0.410. The number of H-pyrrole nitrogens is 1. The maximum absolute atomic E-state index is 12.1. The van der Waals surface area contributed by atoms with Gasteiger partial charge in [0.15, 0.2) is 5.75 Å². The lowest BCUT2D eigenvalue weighted by atomic mass is 10.2. The van der Waals surface area contributed by atoms with Crippen LogP contribution in [0.15, 0.2) is 34.1 Å². The molecule has 0 saturated carbocycles. The largest absolute Gasteiger partial charge is 0.504 e. The Morgan fingerprint density at radius 2 is 2.00 bits per heavy atom. The number of aromatic nitrogens is 4. The minimum absolute atomic E-state index is 0.134. The van der Waals surface area contributed by atoms with Crippen LogP contribution in [0.2, 0.25) is 0 Å². The molecule has 2 N–H and O–H groups in total. The van der Waals surface area contributed by atoms with Gasteiger partial charge in [0.2, 0.25) is 0 Å². The van der Waals surface area contributed by atoms with Crippen LogP contribution in [-0.2, 0) is 14.1 Å². The Bertz CT molecular complexity index is 919. The second-order valence-corrected chi connectivity index (χ2v) is 4.52. The molecule has 0 bridgehead atoms. The Morgan fingerprint density at radius 1 is 1.25 bits per heavy atom. The van der Waals surface area contributed by atoms with E-state index < -0.39 is 11.2 Å². The number of pyridine rings is 1. The van der Waals surface area contributed by atoms with Crippen molar-refractivity contribution in [3.05, 3.63) is 45.4 Å². The van der Waals surface area contributed by atoms with Gasteiger partial charge in [0.1, 0.15) is 11.0 Å². The molecule has 0 spiro atoms. The number of aromatic hydroxyl groups is 1. The molecule has 3 rings (SSSR count). The maximum Gasteiger partial charge on any atom is 0.331 e. The molecule has 0 aliphatic rings. The van der Waals surface area contributed by atoms with E-state index in [1.54, 1.807) is 24.5 Å². The normalized spacial score (nSPS) is 11.1. The van der Waals surface area contributed by atoms with E-state index in [2.05, 4.69) is 9.97 Å². The maximum atomic E-state index is 12.1. The predicted octanol–water partition coefficient (Wildman–Crippen LogP) is 0.333. The minimum atomic E-state index is -0.491. The number of nitrogens with one attached hydrogen (secondary N) is 1. The molecule has 0 radical (unpaired) electrons. The number of aryl methyl sites for hydroxylation is 1. The van der Waals surface area contributed by atoms with E-state index in [-0.39, 0.29) is 16.8 Å². The van der Waals surface area contributed by atoms with Crippen molar-refractivity contribution in [3.63, 3.8) is 0 Å². The molecule has 7 heteroatoms. The van der Waals surface area contributed by atoms with Gasteiger partial charge >= 0.3 is 5.69 Å². The molecule has 3 aromatic heterocycles. The van der Waals surface area contributed by atoms with Crippen LogP contribution in [-0.4, -0.2) is 24.2 Å². The summed E-state index contributed by atoms with van der Waals surface area (Å²) in [7, 11) is 2.90. The zero-order valence-electron chi connectivity index (χ0n) is 10.9. The number of fused-ring (bicyclic) bond motifs is 1. The summed E-state index contributed by atoms with van der Waals surface area (Å²) in [6.07, 6.45) is 3.17. The topological polar surface area (TPSA) is 92.9 Å². The third-order valence-electron chi connectivity index (χ3n) is 3.33. The lowest BCUT2D eigenvalue weighted by Gasteiger charge is -2.03.